The quantitative estimate of drug-likeness (QED) is 0.898. The molecule has 5 heteroatoms. The Morgan fingerprint density at radius 2 is 2.00 bits per heavy atom. The number of thiazole rings is 1. The van der Waals surface area contributed by atoms with Crippen molar-refractivity contribution in [3.8, 4) is 0 Å². The van der Waals surface area contributed by atoms with Crippen LogP contribution in [0.2, 0.25) is 10.0 Å². The van der Waals surface area contributed by atoms with Crippen molar-refractivity contribution in [1.29, 1.82) is 0 Å². The van der Waals surface area contributed by atoms with Gasteiger partial charge in [0.25, 0.3) is 0 Å². The summed E-state index contributed by atoms with van der Waals surface area (Å²) in [6, 6.07) is 5.48. The number of rotatable bonds is 3. The van der Waals surface area contributed by atoms with E-state index in [1.807, 2.05) is 23.6 Å². The topological polar surface area (TPSA) is 24.9 Å². The summed E-state index contributed by atoms with van der Waals surface area (Å²) in [5.74, 6) is 0. The summed E-state index contributed by atoms with van der Waals surface area (Å²) in [6.45, 7) is 0.589. The summed E-state index contributed by atoms with van der Waals surface area (Å²) in [6.07, 6.45) is 1.75. The fourth-order valence-corrected chi connectivity index (χ4v) is 2.23. The lowest BCUT2D eigenvalue weighted by atomic mass is 10.2. The van der Waals surface area contributed by atoms with Crippen LogP contribution in [0.25, 0.3) is 0 Å². The van der Waals surface area contributed by atoms with Crippen molar-refractivity contribution >= 4 is 39.7 Å². The van der Waals surface area contributed by atoms with Crippen LogP contribution in [0, 0.1) is 0 Å². The van der Waals surface area contributed by atoms with Crippen molar-refractivity contribution in [2.45, 2.75) is 6.54 Å². The Morgan fingerprint density at radius 1 is 1.27 bits per heavy atom. The van der Waals surface area contributed by atoms with Gasteiger partial charge in [-0.15, -0.1) is 11.3 Å². The molecule has 0 radical (unpaired) electrons. The van der Waals surface area contributed by atoms with E-state index in [1.165, 1.54) is 0 Å². The second kappa shape index (κ2) is 4.84. The van der Waals surface area contributed by atoms with Crippen molar-refractivity contribution in [2.24, 2.45) is 0 Å². The summed E-state index contributed by atoms with van der Waals surface area (Å²) in [5.41, 5.74) is 0.899. The first-order valence-electron chi connectivity index (χ1n) is 4.33. The first-order chi connectivity index (χ1) is 7.27. The second-order valence-electron chi connectivity index (χ2n) is 2.89. The zero-order valence-electron chi connectivity index (χ0n) is 7.71. The van der Waals surface area contributed by atoms with Gasteiger partial charge in [0.15, 0.2) is 5.13 Å². The minimum Gasteiger partial charge on any atom is -0.357 e. The fourth-order valence-electron chi connectivity index (χ4n) is 1.18. The Hall–Kier alpha value is -0.770. The third-order valence-electron chi connectivity index (χ3n) is 1.91. The highest BCUT2D eigenvalue weighted by Crippen LogP contribution is 2.25. The Labute approximate surface area is 102 Å². The molecule has 0 saturated heterocycles. The van der Waals surface area contributed by atoms with E-state index in [0.29, 0.717) is 16.6 Å². The van der Waals surface area contributed by atoms with Gasteiger partial charge in [0.05, 0.1) is 0 Å². The van der Waals surface area contributed by atoms with Gasteiger partial charge in [0.2, 0.25) is 0 Å². The predicted octanol–water partition coefficient (Wildman–Crippen LogP) is 4.06. The third kappa shape index (κ3) is 2.62. The van der Waals surface area contributed by atoms with Crippen LogP contribution in [0.5, 0.6) is 0 Å². The minimum absolute atomic E-state index is 0.589. The number of benzene rings is 1. The Balaban J connectivity index is 2.11. The van der Waals surface area contributed by atoms with E-state index in [4.69, 9.17) is 23.2 Å². The number of aromatic nitrogens is 1. The summed E-state index contributed by atoms with van der Waals surface area (Å²) in [5, 5.41) is 7.29. The lowest BCUT2D eigenvalue weighted by Gasteiger charge is -2.07. The molecule has 0 fully saturated rings. The van der Waals surface area contributed by atoms with Crippen LogP contribution < -0.4 is 5.32 Å². The average molecular weight is 259 g/mol. The van der Waals surface area contributed by atoms with Crippen LogP contribution in [0.3, 0.4) is 0 Å². The zero-order chi connectivity index (χ0) is 10.7. The number of halogens is 2. The molecule has 1 heterocycles. The maximum atomic E-state index is 6.03. The molecule has 2 nitrogen and oxygen atoms in total. The summed E-state index contributed by atoms with van der Waals surface area (Å²) in [4.78, 5) is 4.11. The molecule has 1 N–H and O–H groups in total. The van der Waals surface area contributed by atoms with Crippen molar-refractivity contribution < 1.29 is 0 Å². The molecule has 0 saturated carbocycles. The van der Waals surface area contributed by atoms with Gasteiger partial charge in [-0.05, 0) is 12.1 Å². The molecule has 0 aliphatic rings. The van der Waals surface area contributed by atoms with Gasteiger partial charge in [0.1, 0.15) is 0 Å². The van der Waals surface area contributed by atoms with E-state index in [-0.39, 0.29) is 0 Å². The monoisotopic (exact) mass is 258 g/mol. The normalized spacial score (nSPS) is 10.3. The van der Waals surface area contributed by atoms with Crippen molar-refractivity contribution in [2.75, 3.05) is 5.32 Å². The Kier molecular flexibility index (Phi) is 3.46. The number of hydrogen-bond donors (Lipinski definition) is 1. The number of nitrogens with zero attached hydrogens (tertiary/aromatic N) is 1. The molecule has 0 spiro atoms. The molecule has 15 heavy (non-hydrogen) atoms. The smallest absolute Gasteiger partial charge is 0.182 e. The van der Waals surface area contributed by atoms with Gasteiger partial charge in [-0.25, -0.2) is 4.98 Å². The number of nitrogens with one attached hydrogen (secondary N) is 1. The molecule has 2 aromatic rings. The fraction of sp³-hybridized carbons (Fsp3) is 0.100. The van der Waals surface area contributed by atoms with Gasteiger partial charge < -0.3 is 5.32 Å². The highest BCUT2D eigenvalue weighted by molar-refractivity contribution is 7.13. The van der Waals surface area contributed by atoms with Gasteiger partial charge >= 0.3 is 0 Å². The lowest BCUT2D eigenvalue weighted by Crippen LogP contribution is -2.00. The van der Waals surface area contributed by atoms with Gasteiger partial charge in [0, 0.05) is 33.7 Å². The largest absolute Gasteiger partial charge is 0.357 e. The van der Waals surface area contributed by atoms with E-state index >= 15 is 0 Å². The van der Waals surface area contributed by atoms with Crippen molar-refractivity contribution in [1.82, 2.24) is 4.98 Å². The standard InChI is InChI=1S/C10H8Cl2N2S/c11-8-2-1-3-9(12)7(8)6-14-10-13-4-5-15-10/h1-5H,6H2,(H,13,14). The molecule has 0 amide bonds. The van der Waals surface area contributed by atoms with Crippen LogP contribution in [0.1, 0.15) is 5.56 Å². The van der Waals surface area contributed by atoms with E-state index in [0.717, 1.165) is 10.7 Å². The Morgan fingerprint density at radius 3 is 2.60 bits per heavy atom. The highest BCUT2D eigenvalue weighted by atomic mass is 35.5. The molecule has 1 aromatic carbocycles. The summed E-state index contributed by atoms with van der Waals surface area (Å²) < 4.78 is 0. The molecule has 0 bridgehead atoms. The predicted molar refractivity (Wildman–Crippen MR) is 65.9 cm³/mol. The van der Waals surface area contributed by atoms with E-state index in [2.05, 4.69) is 10.3 Å². The van der Waals surface area contributed by atoms with Gasteiger partial charge in [-0.1, -0.05) is 29.3 Å². The summed E-state index contributed by atoms with van der Waals surface area (Å²) >= 11 is 13.6. The molecular formula is C10H8Cl2N2S. The zero-order valence-corrected chi connectivity index (χ0v) is 10.0. The SMILES string of the molecule is Clc1cccc(Cl)c1CNc1nccs1. The first-order valence-corrected chi connectivity index (χ1v) is 5.97. The van der Waals surface area contributed by atoms with E-state index in [9.17, 15) is 0 Å². The maximum Gasteiger partial charge on any atom is 0.182 e. The van der Waals surface area contributed by atoms with Crippen LogP contribution in [0.15, 0.2) is 29.8 Å². The van der Waals surface area contributed by atoms with Gasteiger partial charge in [-0.2, -0.15) is 0 Å². The Bertz CT molecular complexity index is 422. The molecule has 0 aliphatic carbocycles. The van der Waals surface area contributed by atoms with Crippen LogP contribution in [0.4, 0.5) is 5.13 Å². The molecule has 1 aromatic heterocycles. The minimum atomic E-state index is 0.589. The van der Waals surface area contributed by atoms with Crippen molar-refractivity contribution in [3.05, 3.63) is 45.4 Å². The third-order valence-corrected chi connectivity index (χ3v) is 3.35. The van der Waals surface area contributed by atoms with Crippen LogP contribution >= 0.6 is 34.5 Å². The number of hydrogen-bond acceptors (Lipinski definition) is 3. The molecule has 78 valence electrons. The average Bonchev–Trinajstić information content (AvgIpc) is 2.70. The van der Waals surface area contributed by atoms with Crippen LogP contribution in [-0.4, -0.2) is 4.98 Å². The highest BCUT2D eigenvalue weighted by Gasteiger charge is 2.05. The summed E-state index contributed by atoms with van der Waals surface area (Å²) in [7, 11) is 0. The van der Waals surface area contributed by atoms with E-state index < -0.39 is 0 Å². The maximum absolute atomic E-state index is 6.03. The van der Waals surface area contributed by atoms with E-state index in [1.54, 1.807) is 17.5 Å². The molecule has 0 atom stereocenters. The number of anilines is 1. The van der Waals surface area contributed by atoms with Crippen molar-refractivity contribution in [3.63, 3.8) is 0 Å². The first kappa shape index (κ1) is 10.7. The molecular weight excluding hydrogens is 251 g/mol. The lowest BCUT2D eigenvalue weighted by molar-refractivity contribution is 1.13. The van der Waals surface area contributed by atoms with Gasteiger partial charge in [-0.3, -0.25) is 0 Å². The molecule has 0 unspecified atom stereocenters. The molecule has 2 rings (SSSR count). The molecule has 0 aliphatic heterocycles. The van der Waals surface area contributed by atoms with Crippen LogP contribution in [-0.2, 0) is 6.54 Å². The second-order valence-corrected chi connectivity index (χ2v) is 4.60.